The first kappa shape index (κ1) is 17.0. The van der Waals surface area contributed by atoms with E-state index in [9.17, 15) is 5.11 Å². The first-order valence-corrected chi connectivity index (χ1v) is 10.9. The molecule has 5 aliphatic rings. The Hall–Kier alpha value is -0.120. The Morgan fingerprint density at radius 1 is 0.960 bits per heavy atom. The summed E-state index contributed by atoms with van der Waals surface area (Å²) in [5.74, 6) is 3.39. The number of aliphatic hydroxyl groups excluding tert-OH is 1. The average Bonchev–Trinajstić information content (AvgIpc) is 3.10. The van der Waals surface area contributed by atoms with Gasteiger partial charge in [-0.05, 0) is 93.9 Å². The summed E-state index contributed by atoms with van der Waals surface area (Å²) >= 11 is 0. The number of rotatable bonds is 0. The number of ether oxygens (including phenoxy) is 1. The van der Waals surface area contributed by atoms with Gasteiger partial charge in [0.2, 0.25) is 0 Å². The van der Waals surface area contributed by atoms with Crippen molar-refractivity contribution in [1.82, 2.24) is 4.90 Å². The minimum absolute atomic E-state index is 0.0289. The summed E-state index contributed by atoms with van der Waals surface area (Å²) in [7, 11) is 2.30. The first-order chi connectivity index (χ1) is 11.9. The molecular formula is C22H37NO2. The zero-order valence-electron chi connectivity index (χ0n) is 16.5. The molecule has 8 atom stereocenters. The van der Waals surface area contributed by atoms with E-state index in [2.05, 4.69) is 25.8 Å². The lowest BCUT2D eigenvalue weighted by atomic mass is 9.44. The fourth-order valence-corrected chi connectivity index (χ4v) is 8.72. The molecule has 0 unspecified atom stereocenters. The van der Waals surface area contributed by atoms with Crippen LogP contribution in [0.5, 0.6) is 0 Å². The lowest BCUT2D eigenvalue weighted by Crippen LogP contribution is -2.59. The Morgan fingerprint density at radius 2 is 1.76 bits per heavy atom. The van der Waals surface area contributed by atoms with Gasteiger partial charge in [-0.2, -0.15) is 0 Å². The zero-order chi connectivity index (χ0) is 17.4. The van der Waals surface area contributed by atoms with Crippen molar-refractivity contribution in [3.8, 4) is 0 Å². The highest BCUT2D eigenvalue weighted by Crippen LogP contribution is 2.69. The van der Waals surface area contributed by atoms with E-state index in [-0.39, 0.29) is 11.8 Å². The minimum Gasteiger partial charge on any atom is -0.393 e. The van der Waals surface area contributed by atoms with Crippen molar-refractivity contribution in [2.24, 2.45) is 34.5 Å². The van der Waals surface area contributed by atoms with E-state index in [1.807, 2.05) is 0 Å². The third-order valence-corrected chi connectivity index (χ3v) is 10.1. The topological polar surface area (TPSA) is 32.7 Å². The molecule has 4 saturated carbocycles. The number of hydrogen-bond donors (Lipinski definition) is 1. The van der Waals surface area contributed by atoms with Gasteiger partial charge in [-0.15, -0.1) is 0 Å². The van der Waals surface area contributed by atoms with Crippen LogP contribution in [0.2, 0.25) is 0 Å². The number of fused-ring (bicyclic) bond motifs is 6. The Bertz CT molecular complexity index is 552. The van der Waals surface area contributed by atoms with Crippen LogP contribution in [-0.2, 0) is 4.74 Å². The van der Waals surface area contributed by atoms with E-state index in [4.69, 9.17) is 4.74 Å². The van der Waals surface area contributed by atoms with Crippen LogP contribution >= 0.6 is 0 Å². The van der Waals surface area contributed by atoms with Gasteiger partial charge in [-0.3, -0.25) is 4.90 Å². The van der Waals surface area contributed by atoms with Crippen molar-refractivity contribution in [3.05, 3.63) is 0 Å². The van der Waals surface area contributed by atoms with Crippen molar-refractivity contribution in [2.45, 2.75) is 83.5 Å². The van der Waals surface area contributed by atoms with Crippen molar-refractivity contribution in [1.29, 1.82) is 0 Å². The number of hydrogen-bond acceptors (Lipinski definition) is 3. The van der Waals surface area contributed by atoms with E-state index in [1.54, 1.807) is 0 Å². The molecule has 0 aromatic heterocycles. The van der Waals surface area contributed by atoms with E-state index in [0.717, 1.165) is 49.7 Å². The Kier molecular flexibility index (Phi) is 3.71. The maximum Gasteiger partial charge on any atom is 0.127 e. The quantitative estimate of drug-likeness (QED) is 0.717. The van der Waals surface area contributed by atoms with Crippen LogP contribution < -0.4 is 0 Å². The van der Waals surface area contributed by atoms with Crippen LogP contribution in [0, 0.1) is 34.5 Å². The molecule has 142 valence electrons. The van der Waals surface area contributed by atoms with Gasteiger partial charge in [0.1, 0.15) is 5.72 Å². The molecule has 1 saturated heterocycles. The summed E-state index contributed by atoms with van der Waals surface area (Å²) < 4.78 is 6.50. The molecule has 1 N–H and O–H groups in total. The summed E-state index contributed by atoms with van der Waals surface area (Å²) in [6.07, 6.45) is 11.4. The Balaban J connectivity index is 1.46. The number of likely N-dealkylation sites (N-methyl/N-ethyl adjacent to an activating group) is 1. The van der Waals surface area contributed by atoms with E-state index in [0.29, 0.717) is 10.8 Å². The lowest BCUT2D eigenvalue weighted by Gasteiger charge is -2.62. The van der Waals surface area contributed by atoms with E-state index >= 15 is 0 Å². The molecule has 0 aromatic rings. The lowest BCUT2D eigenvalue weighted by molar-refractivity contribution is -0.196. The van der Waals surface area contributed by atoms with Gasteiger partial charge >= 0.3 is 0 Å². The molecule has 3 nitrogen and oxygen atoms in total. The fraction of sp³-hybridized carbons (Fsp3) is 1.00. The average molecular weight is 348 g/mol. The summed E-state index contributed by atoms with van der Waals surface area (Å²) in [5.41, 5.74) is 0.863. The van der Waals surface area contributed by atoms with Crippen LogP contribution in [0.3, 0.4) is 0 Å². The van der Waals surface area contributed by atoms with Gasteiger partial charge in [0.25, 0.3) is 0 Å². The van der Waals surface area contributed by atoms with Crippen LogP contribution in [0.15, 0.2) is 0 Å². The summed E-state index contributed by atoms with van der Waals surface area (Å²) in [6, 6.07) is 0. The van der Waals surface area contributed by atoms with Crippen LogP contribution in [-0.4, -0.2) is 42.0 Å². The van der Waals surface area contributed by atoms with Gasteiger partial charge in [0, 0.05) is 12.0 Å². The highest BCUT2D eigenvalue weighted by atomic mass is 16.5. The van der Waals surface area contributed by atoms with E-state index < -0.39 is 0 Å². The molecule has 4 aliphatic carbocycles. The second kappa shape index (κ2) is 5.45. The van der Waals surface area contributed by atoms with Crippen LogP contribution in [0.1, 0.15) is 71.6 Å². The first-order valence-electron chi connectivity index (χ1n) is 10.9. The Morgan fingerprint density at radius 3 is 2.52 bits per heavy atom. The van der Waals surface area contributed by atoms with Crippen LogP contribution in [0.4, 0.5) is 0 Å². The summed E-state index contributed by atoms with van der Waals surface area (Å²) in [5, 5.41) is 10.2. The number of aliphatic hydroxyl groups is 1. The summed E-state index contributed by atoms with van der Waals surface area (Å²) in [4.78, 5) is 2.55. The van der Waals surface area contributed by atoms with Crippen molar-refractivity contribution in [2.75, 3.05) is 20.2 Å². The largest absolute Gasteiger partial charge is 0.393 e. The summed E-state index contributed by atoms with van der Waals surface area (Å²) in [6.45, 7) is 7.19. The highest BCUT2D eigenvalue weighted by molar-refractivity contribution is 5.15. The molecule has 0 bridgehead atoms. The fourth-order valence-electron chi connectivity index (χ4n) is 8.72. The van der Waals surface area contributed by atoms with Gasteiger partial charge in [0.15, 0.2) is 0 Å². The molecule has 1 spiro atoms. The number of nitrogens with zero attached hydrogens (tertiary/aromatic N) is 1. The van der Waals surface area contributed by atoms with Gasteiger partial charge < -0.3 is 9.84 Å². The second-order valence-corrected chi connectivity index (χ2v) is 10.6. The minimum atomic E-state index is -0.0289. The highest BCUT2D eigenvalue weighted by Gasteiger charge is 2.67. The standard InChI is InChI=1S/C22H37NO2/c1-20-9-6-16(24)14-15(20)4-5-17-18(20)7-10-21(2)19(17)8-11-22(21)23(3)12-13-25-22/h15-19,24H,4-14H2,1-3H3/t15-,16+,17+,18+,19-,20+,21+,22+/m1/s1. The molecular weight excluding hydrogens is 310 g/mol. The van der Waals surface area contributed by atoms with Gasteiger partial charge in [-0.25, -0.2) is 0 Å². The van der Waals surface area contributed by atoms with Crippen molar-refractivity contribution in [3.63, 3.8) is 0 Å². The molecule has 0 aromatic carbocycles. The van der Waals surface area contributed by atoms with Crippen LogP contribution in [0.25, 0.3) is 0 Å². The molecule has 3 heteroatoms. The second-order valence-electron chi connectivity index (χ2n) is 10.6. The smallest absolute Gasteiger partial charge is 0.127 e. The SMILES string of the molecule is CN1CCO[C@]12CC[C@@H]1[C@H]3CC[C@@H]4C[C@@H](O)CC[C@]4(C)[C@H]3CC[C@@]12C. The van der Waals surface area contributed by atoms with Crippen molar-refractivity contribution < 1.29 is 9.84 Å². The van der Waals surface area contributed by atoms with E-state index in [1.165, 1.54) is 44.9 Å². The van der Waals surface area contributed by atoms with Gasteiger partial charge in [0.05, 0.1) is 12.7 Å². The zero-order valence-corrected chi connectivity index (χ0v) is 16.5. The molecule has 0 radical (unpaired) electrons. The predicted molar refractivity (Wildman–Crippen MR) is 99.0 cm³/mol. The monoisotopic (exact) mass is 347 g/mol. The molecule has 5 fully saturated rings. The van der Waals surface area contributed by atoms with Gasteiger partial charge in [-0.1, -0.05) is 13.8 Å². The normalized spacial score (nSPS) is 58.8. The third kappa shape index (κ3) is 2.04. The maximum absolute atomic E-state index is 10.2. The molecule has 1 heterocycles. The Labute approximate surface area is 153 Å². The predicted octanol–water partition coefficient (Wildman–Crippen LogP) is 4.05. The molecule has 5 rings (SSSR count). The van der Waals surface area contributed by atoms with Crippen molar-refractivity contribution >= 4 is 0 Å². The molecule has 1 aliphatic heterocycles. The molecule has 0 amide bonds. The maximum atomic E-state index is 10.2. The molecule has 25 heavy (non-hydrogen) atoms. The third-order valence-electron chi connectivity index (χ3n) is 10.1.